The van der Waals surface area contributed by atoms with Crippen LogP contribution in [-0.2, 0) is 33.7 Å². The molecule has 0 saturated carbocycles. The molecule has 0 spiro atoms. The van der Waals surface area contributed by atoms with Crippen molar-refractivity contribution in [3.05, 3.63) is 124 Å². The van der Waals surface area contributed by atoms with E-state index in [1.54, 1.807) is 37.8 Å². The number of amides is 3. The Labute approximate surface area is 293 Å². The number of benzene rings is 4. The minimum Gasteiger partial charge on any atom is -0.508 e. The van der Waals surface area contributed by atoms with Gasteiger partial charge in [-0.05, 0) is 103 Å². The Morgan fingerprint density at radius 1 is 0.880 bits per heavy atom. The van der Waals surface area contributed by atoms with E-state index >= 15 is 0 Å². The molecule has 2 atom stereocenters. The van der Waals surface area contributed by atoms with Gasteiger partial charge in [-0.2, -0.15) is 0 Å². The van der Waals surface area contributed by atoms with Gasteiger partial charge in [-0.25, -0.2) is 9.59 Å². The molecule has 260 valence electrons. The first kappa shape index (κ1) is 34.5. The number of hydrogen-bond acceptors (Lipinski definition) is 6. The molecule has 1 heterocycles. The highest BCUT2D eigenvalue weighted by atomic mass is 16.6. The van der Waals surface area contributed by atoms with Crippen molar-refractivity contribution in [2.24, 2.45) is 0 Å². The van der Waals surface area contributed by atoms with Crippen molar-refractivity contribution in [3.8, 4) is 16.9 Å². The molecule has 6 rings (SSSR count). The summed E-state index contributed by atoms with van der Waals surface area (Å²) in [5.74, 6) is -0.206. The Kier molecular flexibility index (Phi) is 9.86. The molecule has 0 unspecified atom stereocenters. The van der Waals surface area contributed by atoms with Crippen LogP contribution in [0.5, 0.6) is 5.75 Å². The molecule has 1 aliphatic heterocycles. The smallest absolute Gasteiger partial charge is 0.408 e. The quantitative estimate of drug-likeness (QED) is 0.186. The number of phenols is 1. The number of carbonyl (C=O) groups excluding carboxylic acids is 3. The third-order valence-corrected chi connectivity index (χ3v) is 9.44. The van der Waals surface area contributed by atoms with Crippen LogP contribution in [0, 0.1) is 13.8 Å². The van der Waals surface area contributed by atoms with Crippen molar-refractivity contribution >= 4 is 18.1 Å². The summed E-state index contributed by atoms with van der Waals surface area (Å²) < 4.78 is 11.4. The third kappa shape index (κ3) is 7.77. The normalized spacial score (nSPS) is 16.1. The molecule has 0 fully saturated rings. The predicted octanol–water partition coefficient (Wildman–Crippen LogP) is 6.94. The van der Waals surface area contributed by atoms with Crippen LogP contribution in [0.15, 0.2) is 84.9 Å². The van der Waals surface area contributed by atoms with Crippen LogP contribution >= 0.6 is 0 Å². The molecular formula is C41H45N3O6. The molecule has 0 radical (unpaired) electrons. The van der Waals surface area contributed by atoms with Gasteiger partial charge in [0.25, 0.3) is 0 Å². The van der Waals surface area contributed by atoms with Crippen molar-refractivity contribution in [2.45, 2.75) is 77.6 Å². The van der Waals surface area contributed by atoms with Gasteiger partial charge in [-0.3, -0.25) is 4.79 Å². The van der Waals surface area contributed by atoms with E-state index in [-0.39, 0.29) is 30.7 Å². The lowest BCUT2D eigenvalue weighted by molar-refractivity contribution is -0.134. The molecule has 9 nitrogen and oxygen atoms in total. The van der Waals surface area contributed by atoms with E-state index in [1.807, 2.05) is 62.4 Å². The Morgan fingerprint density at radius 3 is 2.08 bits per heavy atom. The zero-order valence-electron chi connectivity index (χ0n) is 29.3. The van der Waals surface area contributed by atoms with Crippen LogP contribution in [0.2, 0.25) is 0 Å². The number of ether oxygens (including phenoxy) is 2. The van der Waals surface area contributed by atoms with E-state index in [9.17, 15) is 19.5 Å². The first-order valence-electron chi connectivity index (χ1n) is 17.1. The number of rotatable bonds is 8. The average Bonchev–Trinajstić information content (AvgIpc) is 3.31. The summed E-state index contributed by atoms with van der Waals surface area (Å²) in [6, 6.07) is 26.1. The number of nitrogens with zero attached hydrogens (tertiary/aromatic N) is 1. The Balaban J connectivity index is 1.25. The van der Waals surface area contributed by atoms with Gasteiger partial charge in [0.15, 0.2) is 0 Å². The Bertz CT molecular complexity index is 1850. The van der Waals surface area contributed by atoms with Gasteiger partial charge in [0.2, 0.25) is 5.91 Å². The zero-order valence-corrected chi connectivity index (χ0v) is 29.3. The van der Waals surface area contributed by atoms with E-state index in [4.69, 9.17) is 9.47 Å². The Hall–Kier alpha value is -5.31. The van der Waals surface area contributed by atoms with Gasteiger partial charge in [-0.15, -0.1) is 0 Å². The van der Waals surface area contributed by atoms with E-state index in [0.29, 0.717) is 19.4 Å². The minimum atomic E-state index is -0.860. The van der Waals surface area contributed by atoms with Gasteiger partial charge < -0.3 is 30.1 Å². The maximum atomic E-state index is 14.2. The van der Waals surface area contributed by atoms with E-state index in [2.05, 4.69) is 34.9 Å². The molecule has 0 bridgehead atoms. The van der Waals surface area contributed by atoms with E-state index < -0.39 is 29.9 Å². The number of hydrogen-bond donors (Lipinski definition) is 3. The van der Waals surface area contributed by atoms with Gasteiger partial charge in [0.1, 0.15) is 24.0 Å². The second-order valence-electron chi connectivity index (χ2n) is 14.3. The molecule has 0 aromatic heterocycles. The maximum Gasteiger partial charge on any atom is 0.408 e. The minimum absolute atomic E-state index is 0.100. The number of alkyl carbamates (subject to hydrolysis) is 2. The first-order chi connectivity index (χ1) is 23.9. The van der Waals surface area contributed by atoms with E-state index in [1.165, 1.54) is 0 Å². The van der Waals surface area contributed by atoms with Gasteiger partial charge in [0, 0.05) is 25.4 Å². The highest BCUT2D eigenvalue weighted by Crippen LogP contribution is 2.44. The van der Waals surface area contributed by atoms with Crippen molar-refractivity contribution in [1.82, 2.24) is 15.5 Å². The number of fused-ring (bicyclic) bond motifs is 4. The van der Waals surface area contributed by atoms with Crippen LogP contribution in [0.25, 0.3) is 11.1 Å². The van der Waals surface area contributed by atoms with Gasteiger partial charge >= 0.3 is 12.2 Å². The number of nitrogens with one attached hydrogen (secondary N) is 2. The van der Waals surface area contributed by atoms with Gasteiger partial charge in [-0.1, -0.05) is 72.8 Å². The number of phenolic OH excluding ortho intramolecular Hbond substituents is 1. The summed E-state index contributed by atoms with van der Waals surface area (Å²) in [5, 5.41) is 16.1. The molecule has 0 saturated heterocycles. The van der Waals surface area contributed by atoms with Crippen molar-refractivity contribution < 1.29 is 29.0 Å². The van der Waals surface area contributed by atoms with Crippen LogP contribution in [-0.4, -0.2) is 58.9 Å². The molecule has 1 aliphatic carbocycles. The van der Waals surface area contributed by atoms with Crippen LogP contribution in [0.4, 0.5) is 9.59 Å². The SMILES string of the molecule is Cc1cc(O)cc(C)c1C[C@@H](CN1Cc2ccccc2C[C@H](NC(=O)OC(C)(C)C)C1=O)NC(=O)OCC1c2ccccc2-c2ccccc21. The summed E-state index contributed by atoms with van der Waals surface area (Å²) >= 11 is 0. The van der Waals surface area contributed by atoms with Crippen molar-refractivity contribution in [1.29, 1.82) is 0 Å². The highest BCUT2D eigenvalue weighted by molar-refractivity contribution is 5.87. The average molecular weight is 676 g/mol. The topological polar surface area (TPSA) is 117 Å². The molecular weight excluding hydrogens is 630 g/mol. The first-order valence-corrected chi connectivity index (χ1v) is 17.1. The number of aromatic hydroxyl groups is 1. The van der Waals surface area contributed by atoms with Crippen molar-refractivity contribution in [3.63, 3.8) is 0 Å². The molecule has 2 aliphatic rings. The predicted molar refractivity (Wildman–Crippen MR) is 192 cm³/mol. The van der Waals surface area contributed by atoms with Crippen LogP contribution in [0.3, 0.4) is 0 Å². The molecule has 3 N–H and O–H groups in total. The van der Waals surface area contributed by atoms with Crippen LogP contribution in [0.1, 0.15) is 65.6 Å². The molecule has 3 amide bonds. The lowest BCUT2D eigenvalue weighted by Gasteiger charge is -2.30. The summed E-state index contributed by atoms with van der Waals surface area (Å²) in [4.78, 5) is 42.3. The van der Waals surface area contributed by atoms with Crippen LogP contribution < -0.4 is 10.6 Å². The standard InChI is InChI=1S/C41H45N3O6/c1-25-18-30(45)19-26(2)35(25)21-29(42-39(47)49-24-36-33-16-10-8-14-31(33)32-15-9-11-17-34(32)36)23-44-22-28-13-7-6-12-27(28)20-37(38(44)46)43-40(48)50-41(3,4)5/h6-19,29,36-37,45H,20-24H2,1-5H3,(H,42,47)(H,43,48)/t29-,37-/m0/s1. The summed E-state index contributed by atoms with van der Waals surface area (Å²) in [5.41, 5.74) is 8.41. The van der Waals surface area contributed by atoms with E-state index in [0.717, 1.165) is 50.1 Å². The third-order valence-electron chi connectivity index (χ3n) is 9.44. The Morgan fingerprint density at radius 2 is 1.46 bits per heavy atom. The number of aryl methyl sites for hydroxylation is 2. The fourth-order valence-electron chi connectivity index (χ4n) is 7.21. The zero-order chi connectivity index (χ0) is 35.6. The second kappa shape index (κ2) is 14.3. The molecule has 9 heteroatoms. The molecule has 4 aromatic carbocycles. The number of carbonyl (C=O) groups is 3. The summed E-state index contributed by atoms with van der Waals surface area (Å²) in [6.07, 6.45) is -0.556. The van der Waals surface area contributed by atoms with Gasteiger partial charge in [0.05, 0.1) is 6.04 Å². The lowest BCUT2D eigenvalue weighted by atomic mass is 9.95. The lowest BCUT2D eigenvalue weighted by Crippen LogP contribution is -2.53. The largest absolute Gasteiger partial charge is 0.508 e. The monoisotopic (exact) mass is 675 g/mol. The highest BCUT2D eigenvalue weighted by Gasteiger charge is 2.34. The van der Waals surface area contributed by atoms with Crippen molar-refractivity contribution in [2.75, 3.05) is 13.2 Å². The summed E-state index contributed by atoms with van der Waals surface area (Å²) in [6.45, 7) is 9.77. The molecule has 50 heavy (non-hydrogen) atoms. The maximum absolute atomic E-state index is 14.2. The molecule has 4 aromatic rings. The fraction of sp³-hybridized carbons (Fsp3) is 0.341. The second-order valence-corrected chi connectivity index (χ2v) is 14.3. The summed E-state index contributed by atoms with van der Waals surface area (Å²) in [7, 11) is 0. The fourth-order valence-corrected chi connectivity index (χ4v) is 7.21.